The van der Waals surface area contributed by atoms with Crippen molar-refractivity contribution in [1.29, 1.82) is 0 Å². The van der Waals surface area contributed by atoms with Gasteiger partial charge in [-0.2, -0.15) is 13.2 Å². The van der Waals surface area contributed by atoms with Crippen molar-refractivity contribution in [2.45, 2.75) is 38.5 Å². The molecule has 0 aromatic heterocycles. The summed E-state index contributed by atoms with van der Waals surface area (Å²) in [4.78, 5) is 11.8. The number of esters is 1. The second kappa shape index (κ2) is 6.47. The van der Waals surface area contributed by atoms with E-state index < -0.39 is 29.6 Å². The quantitative estimate of drug-likeness (QED) is 0.849. The van der Waals surface area contributed by atoms with Crippen molar-refractivity contribution in [3.05, 3.63) is 35.9 Å². The lowest BCUT2D eigenvalue weighted by atomic mass is 9.74. The first-order valence-corrected chi connectivity index (χ1v) is 6.67. The van der Waals surface area contributed by atoms with E-state index in [9.17, 15) is 23.1 Å². The summed E-state index contributed by atoms with van der Waals surface area (Å²) >= 11 is 0. The van der Waals surface area contributed by atoms with Gasteiger partial charge in [-0.3, -0.25) is 0 Å². The summed E-state index contributed by atoms with van der Waals surface area (Å²) in [6.45, 7) is 4.19. The Hall–Kier alpha value is -1.56. The predicted molar refractivity (Wildman–Crippen MR) is 71.7 cm³/mol. The molecule has 0 radical (unpaired) electrons. The highest BCUT2D eigenvalue weighted by atomic mass is 19.4. The molecule has 0 fully saturated rings. The first-order valence-electron chi connectivity index (χ1n) is 6.67. The molecular formula is C15H19F3O3. The van der Waals surface area contributed by atoms with Crippen molar-refractivity contribution in [2.75, 3.05) is 6.61 Å². The van der Waals surface area contributed by atoms with Crippen LogP contribution in [0.2, 0.25) is 0 Å². The number of carbonyl (C=O) groups is 1. The molecule has 0 heterocycles. The van der Waals surface area contributed by atoms with Crippen molar-refractivity contribution in [3.8, 4) is 0 Å². The highest BCUT2D eigenvalue weighted by Gasteiger charge is 2.66. The number of alkyl halides is 3. The van der Waals surface area contributed by atoms with Gasteiger partial charge >= 0.3 is 12.1 Å². The van der Waals surface area contributed by atoms with E-state index in [1.165, 1.54) is 32.9 Å². The van der Waals surface area contributed by atoms with Gasteiger partial charge in [0.1, 0.15) is 0 Å². The van der Waals surface area contributed by atoms with Gasteiger partial charge in [0.05, 0.1) is 6.61 Å². The molecule has 0 aliphatic heterocycles. The average molecular weight is 304 g/mol. The fourth-order valence-corrected chi connectivity index (χ4v) is 2.43. The summed E-state index contributed by atoms with van der Waals surface area (Å²) in [7, 11) is 0. The van der Waals surface area contributed by atoms with Crippen LogP contribution >= 0.6 is 0 Å². The molecule has 0 spiro atoms. The Bertz CT molecular complexity index is 471. The van der Waals surface area contributed by atoms with Crippen LogP contribution in [0.15, 0.2) is 30.3 Å². The van der Waals surface area contributed by atoms with Gasteiger partial charge in [-0.05, 0) is 18.4 Å². The third-order valence-corrected chi connectivity index (χ3v) is 3.29. The number of hydrogen-bond acceptors (Lipinski definition) is 3. The Morgan fingerprint density at radius 1 is 1.24 bits per heavy atom. The van der Waals surface area contributed by atoms with E-state index in [0.717, 1.165) is 0 Å². The highest BCUT2D eigenvalue weighted by Crippen LogP contribution is 2.45. The number of ether oxygens (including phenoxy) is 1. The Morgan fingerprint density at radius 2 is 1.76 bits per heavy atom. The number of halogens is 3. The third kappa shape index (κ3) is 3.37. The zero-order valence-electron chi connectivity index (χ0n) is 12.1. The fraction of sp³-hybridized carbons (Fsp3) is 0.533. The van der Waals surface area contributed by atoms with Crippen molar-refractivity contribution >= 4 is 5.97 Å². The van der Waals surface area contributed by atoms with E-state index in [-0.39, 0.29) is 12.2 Å². The van der Waals surface area contributed by atoms with Gasteiger partial charge in [0, 0.05) is 5.92 Å². The molecule has 0 saturated carbocycles. The number of benzene rings is 1. The summed E-state index contributed by atoms with van der Waals surface area (Å²) in [5, 5.41) is 10.2. The maximum absolute atomic E-state index is 13.4. The molecule has 0 bridgehead atoms. The van der Waals surface area contributed by atoms with Crippen molar-refractivity contribution in [1.82, 2.24) is 0 Å². The van der Waals surface area contributed by atoms with Crippen LogP contribution in [0.5, 0.6) is 0 Å². The smallest absolute Gasteiger partial charge is 0.428 e. The molecule has 0 saturated heterocycles. The molecule has 2 unspecified atom stereocenters. The molecule has 6 heteroatoms. The van der Waals surface area contributed by atoms with Crippen molar-refractivity contribution < 1.29 is 27.8 Å². The zero-order valence-corrected chi connectivity index (χ0v) is 12.1. The lowest BCUT2D eigenvalue weighted by Crippen LogP contribution is -2.58. The lowest BCUT2D eigenvalue weighted by molar-refractivity contribution is -0.273. The number of aliphatic hydroxyl groups is 1. The summed E-state index contributed by atoms with van der Waals surface area (Å²) in [5.41, 5.74) is -3.33. The summed E-state index contributed by atoms with van der Waals surface area (Å²) in [6, 6.07) is 7.69. The Morgan fingerprint density at radius 3 is 2.14 bits per heavy atom. The van der Waals surface area contributed by atoms with Gasteiger partial charge in [-0.1, -0.05) is 44.2 Å². The number of hydrogen-bond donors (Lipinski definition) is 1. The van der Waals surface area contributed by atoms with E-state index in [2.05, 4.69) is 4.74 Å². The maximum Gasteiger partial charge on any atom is 0.428 e. The molecule has 1 N–H and O–H groups in total. The lowest BCUT2D eigenvalue weighted by Gasteiger charge is -2.37. The molecule has 1 aromatic rings. The predicted octanol–water partition coefficient (Wildman–Crippen LogP) is 3.28. The van der Waals surface area contributed by atoms with Crippen molar-refractivity contribution in [2.24, 2.45) is 5.92 Å². The van der Waals surface area contributed by atoms with Gasteiger partial charge in [-0.25, -0.2) is 4.79 Å². The minimum atomic E-state index is -5.13. The standard InChI is InChI=1S/C15H19F3O3/c1-4-21-13(19)14(20,15(16,17)18)12(10(2)3)11-8-6-5-7-9-11/h5-10,12,20H,4H2,1-3H3. The van der Waals surface area contributed by atoms with Crippen LogP contribution in [0.1, 0.15) is 32.3 Å². The van der Waals surface area contributed by atoms with Gasteiger partial charge in [-0.15, -0.1) is 0 Å². The van der Waals surface area contributed by atoms with Crippen LogP contribution in [0.4, 0.5) is 13.2 Å². The van der Waals surface area contributed by atoms with Crippen LogP contribution in [-0.2, 0) is 9.53 Å². The molecular weight excluding hydrogens is 285 g/mol. The van der Waals surface area contributed by atoms with Crippen LogP contribution in [-0.4, -0.2) is 29.5 Å². The molecule has 118 valence electrons. The van der Waals surface area contributed by atoms with E-state index in [4.69, 9.17) is 0 Å². The summed E-state index contributed by atoms with van der Waals surface area (Å²) in [5.74, 6) is -3.73. The SMILES string of the molecule is CCOC(=O)C(O)(C(c1ccccc1)C(C)C)C(F)(F)F. The van der Waals surface area contributed by atoms with Crippen molar-refractivity contribution in [3.63, 3.8) is 0 Å². The van der Waals surface area contributed by atoms with Crippen LogP contribution in [0, 0.1) is 5.92 Å². The topological polar surface area (TPSA) is 46.5 Å². The van der Waals surface area contributed by atoms with Gasteiger partial charge < -0.3 is 9.84 Å². The average Bonchev–Trinajstić information content (AvgIpc) is 2.38. The van der Waals surface area contributed by atoms with Gasteiger partial charge in [0.15, 0.2) is 0 Å². The van der Waals surface area contributed by atoms with E-state index in [0.29, 0.717) is 0 Å². The molecule has 1 aromatic carbocycles. The van der Waals surface area contributed by atoms with Crippen LogP contribution < -0.4 is 0 Å². The molecule has 3 nitrogen and oxygen atoms in total. The molecule has 21 heavy (non-hydrogen) atoms. The molecule has 0 aliphatic carbocycles. The minimum absolute atomic E-state index is 0.236. The summed E-state index contributed by atoms with van der Waals surface area (Å²) in [6.07, 6.45) is -5.13. The number of carbonyl (C=O) groups excluding carboxylic acids is 1. The van der Waals surface area contributed by atoms with E-state index in [1.807, 2.05) is 0 Å². The van der Waals surface area contributed by atoms with Gasteiger partial charge in [0.2, 0.25) is 0 Å². The molecule has 1 rings (SSSR count). The van der Waals surface area contributed by atoms with Crippen LogP contribution in [0.3, 0.4) is 0 Å². The Kier molecular flexibility index (Phi) is 5.39. The minimum Gasteiger partial charge on any atom is -0.464 e. The summed E-state index contributed by atoms with van der Waals surface area (Å²) < 4.78 is 44.7. The molecule has 2 atom stereocenters. The second-order valence-corrected chi connectivity index (χ2v) is 5.12. The fourth-order valence-electron chi connectivity index (χ4n) is 2.43. The van der Waals surface area contributed by atoms with Crippen LogP contribution in [0.25, 0.3) is 0 Å². The van der Waals surface area contributed by atoms with E-state index in [1.54, 1.807) is 18.2 Å². The highest BCUT2D eigenvalue weighted by molar-refractivity contribution is 5.82. The largest absolute Gasteiger partial charge is 0.464 e. The normalized spacial score (nSPS) is 16.4. The number of rotatable bonds is 5. The zero-order chi connectivity index (χ0) is 16.3. The van der Waals surface area contributed by atoms with Gasteiger partial charge in [0.25, 0.3) is 5.60 Å². The Labute approximate surface area is 121 Å². The maximum atomic E-state index is 13.4. The first kappa shape index (κ1) is 17.5. The monoisotopic (exact) mass is 304 g/mol. The molecule has 0 aliphatic rings. The first-order chi connectivity index (χ1) is 9.66. The molecule has 0 amide bonds. The van der Waals surface area contributed by atoms with E-state index >= 15 is 0 Å². The second-order valence-electron chi connectivity index (χ2n) is 5.12. The Balaban J connectivity index is 3.43. The third-order valence-electron chi connectivity index (χ3n) is 3.29.